The summed E-state index contributed by atoms with van der Waals surface area (Å²) in [7, 11) is 0. The first-order valence-electron chi connectivity index (χ1n) is 20.9. The molecule has 1 aliphatic carbocycles. The molecule has 0 spiro atoms. The van der Waals surface area contributed by atoms with Crippen molar-refractivity contribution in [3.63, 3.8) is 0 Å². The van der Waals surface area contributed by atoms with Gasteiger partial charge in [0.1, 0.15) is 11.0 Å². The summed E-state index contributed by atoms with van der Waals surface area (Å²) in [6, 6.07) is 17.9. The molecule has 60 heavy (non-hydrogen) atoms. The monoisotopic (exact) mass is 839 g/mol. The van der Waals surface area contributed by atoms with E-state index in [1.54, 1.807) is 18.2 Å². The van der Waals surface area contributed by atoms with E-state index >= 15 is 0 Å². The van der Waals surface area contributed by atoms with Crippen LogP contribution in [0.4, 0.5) is 20.2 Å². The average Bonchev–Trinajstić information content (AvgIpc) is 3.77. The maximum absolute atomic E-state index is 14.1. The fourth-order valence-electron chi connectivity index (χ4n) is 8.56. The average molecular weight is 840 g/mol. The number of aromatic nitrogens is 1. The summed E-state index contributed by atoms with van der Waals surface area (Å²) < 4.78 is 30.3. The van der Waals surface area contributed by atoms with Crippen molar-refractivity contribution in [2.45, 2.75) is 108 Å². The third-order valence-corrected chi connectivity index (χ3v) is 12.1. The molecule has 3 aromatic carbocycles. The Morgan fingerprint density at radius 1 is 0.883 bits per heavy atom. The van der Waals surface area contributed by atoms with Gasteiger partial charge in [0, 0.05) is 90.0 Å². The lowest BCUT2D eigenvalue weighted by atomic mass is 9.92. The van der Waals surface area contributed by atoms with Crippen LogP contribution in [0.15, 0.2) is 66.9 Å². The van der Waals surface area contributed by atoms with Gasteiger partial charge in [-0.05, 0) is 68.0 Å². The van der Waals surface area contributed by atoms with E-state index in [0.29, 0.717) is 47.7 Å². The van der Waals surface area contributed by atoms with Crippen molar-refractivity contribution >= 4 is 69.0 Å². The van der Waals surface area contributed by atoms with Crippen LogP contribution in [0.5, 0.6) is 0 Å². The smallest absolute Gasteiger partial charge is 0.255 e. The summed E-state index contributed by atoms with van der Waals surface area (Å²) >= 11 is 5.21. The fraction of sp³-hybridized carbons (Fsp3) is 0.422. The Morgan fingerprint density at radius 2 is 1.63 bits per heavy atom. The largest absolute Gasteiger partial charge is 0.389 e. The number of nitrogens with one attached hydrogen (secondary N) is 4. The minimum absolute atomic E-state index is 0.0357. The molecule has 2 aliphatic heterocycles. The number of amides is 5. The first-order valence-corrected chi connectivity index (χ1v) is 21.3. The van der Waals surface area contributed by atoms with E-state index in [4.69, 9.17) is 18.0 Å². The lowest BCUT2D eigenvalue weighted by Crippen LogP contribution is -2.52. The minimum Gasteiger partial charge on any atom is -0.389 e. The minimum atomic E-state index is -2.65. The van der Waals surface area contributed by atoms with Crippen LogP contribution in [0.3, 0.4) is 0 Å². The number of halogens is 2. The lowest BCUT2D eigenvalue weighted by molar-refractivity contribution is -0.137. The number of alkyl halides is 2. The molecule has 0 bridgehead atoms. The van der Waals surface area contributed by atoms with Crippen LogP contribution in [0.1, 0.15) is 111 Å². The molecule has 1 aromatic heterocycles. The van der Waals surface area contributed by atoms with Crippen LogP contribution in [0.25, 0.3) is 22.0 Å². The van der Waals surface area contributed by atoms with Gasteiger partial charge in [0.2, 0.25) is 29.6 Å². The molecule has 2 fully saturated rings. The normalized spacial score (nSPS) is 17.7. The van der Waals surface area contributed by atoms with Gasteiger partial charge < -0.3 is 31.2 Å². The Morgan fingerprint density at radius 3 is 2.40 bits per heavy atom. The molecule has 5 amide bonds. The van der Waals surface area contributed by atoms with E-state index in [9.17, 15) is 32.8 Å². The van der Waals surface area contributed by atoms with Crippen LogP contribution in [-0.4, -0.2) is 69.0 Å². The first-order chi connectivity index (χ1) is 28.9. The number of benzene rings is 3. The van der Waals surface area contributed by atoms with E-state index in [0.717, 1.165) is 71.7 Å². The molecule has 15 heteroatoms. The van der Waals surface area contributed by atoms with Crippen molar-refractivity contribution in [1.82, 2.24) is 20.1 Å². The standard InChI is InChI=1S/C45H51F2N7O5S/c46-45(47)20-18-31(19-21-45)53-26-34(28-9-7-10-29(23-28)42(48)60)32-15-14-30(24-38(32)53)51-39(55)13-5-3-1-2-4-6-22-49-41(57)25-50-36-12-8-11-33-35(36)27-54(44(33)59)37-16-17-40(56)52-43(37)58/h7-12,14-15,23-24,26,31,37,50H,1-6,13,16-22,25,27H2,(H2,48,60)(H,49,57)(H,51,55)(H,52,56,58). The van der Waals surface area contributed by atoms with Gasteiger partial charge in [-0.25, -0.2) is 8.78 Å². The predicted octanol–water partition coefficient (Wildman–Crippen LogP) is 7.35. The molecule has 1 saturated heterocycles. The van der Waals surface area contributed by atoms with E-state index in [2.05, 4.69) is 25.8 Å². The molecular formula is C45H51F2N7O5S. The molecule has 1 unspecified atom stereocenters. The third kappa shape index (κ3) is 10.0. The van der Waals surface area contributed by atoms with Crippen LogP contribution in [0.2, 0.25) is 0 Å². The summed E-state index contributed by atoms with van der Waals surface area (Å²) in [5.74, 6) is -3.96. The number of nitrogens with zero attached hydrogens (tertiary/aromatic N) is 2. The number of carbonyl (C=O) groups is 5. The van der Waals surface area contributed by atoms with E-state index < -0.39 is 17.9 Å². The number of unbranched alkanes of at least 4 members (excludes halogenated alkanes) is 5. The predicted molar refractivity (Wildman–Crippen MR) is 231 cm³/mol. The van der Waals surface area contributed by atoms with Gasteiger partial charge in [-0.1, -0.05) is 68.2 Å². The number of hydrogen-bond acceptors (Lipinski definition) is 7. The highest BCUT2D eigenvalue weighted by Crippen LogP contribution is 2.42. The van der Waals surface area contributed by atoms with Crippen LogP contribution in [-0.2, 0) is 25.7 Å². The molecule has 6 N–H and O–H groups in total. The van der Waals surface area contributed by atoms with Crippen molar-refractivity contribution in [3.05, 3.63) is 83.6 Å². The number of thiocarbonyl (C=S) groups is 1. The van der Waals surface area contributed by atoms with Gasteiger partial charge in [-0.15, -0.1) is 0 Å². The van der Waals surface area contributed by atoms with Crippen molar-refractivity contribution in [2.75, 3.05) is 23.7 Å². The molecule has 3 heterocycles. The molecule has 1 saturated carbocycles. The highest BCUT2D eigenvalue weighted by molar-refractivity contribution is 7.80. The van der Waals surface area contributed by atoms with E-state index in [1.165, 1.54) is 4.90 Å². The molecule has 1 atom stereocenters. The van der Waals surface area contributed by atoms with Gasteiger partial charge in [-0.3, -0.25) is 29.3 Å². The Kier molecular flexibility index (Phi) is 13.2. The zero-order valence-electron chi connectivity index (χ0n) is 33.5. The van der Waals surface area contributed by atoms with Crippen LogP contribution < -0.4 is 27.0 Å². The quantitative estimate of drug-likeness (QED) is 0.0418. The Hall–Kier alpha value is -5.70. The van der Waals surface area contributed by atoms with Crippen LogP contribution in [0, 0.1) is 0 Å². The van der Waals surface area contributed by atoms with Gasteiger partial charge in [0.25, 0.3) is 5.91 Å². The summed E-state index contributed by atoms with van der Waals surface area (Å²) in [5.41, 5.74) is 11.9. The molecule has 4 aromatic rings. The molecule has 316 valence electrons. The number of carbonyl (C=O) groups excluding carboxylic acids is 5. The molecule has 0 radical (unpaired) electrons. The second kappa shape index (κ2) is 18.7. The first kappa shape index (κ1) is 42.4. The van der Waals surface area contributed by atoms with Crippen molar-refractivity contribution in [1.29, 1.82) is 0 Å². The molecular weight excluding hydrogens is 789 g/mol. The second-order valence-electron chi connectivity index (χ2n) is 16.1. The fourth-order valence-corrected chi connectivity index (χ4v) is 8.69. The molecule has 3 aliphatic rings. The summed E-state index contributed by atoms with van der Waals surface area (Å²) in [4.78, 5) is 64.4. The maximum Gasteiger partial charge on any atom is 0.255 e. The van der Waals surface area contributed by atoms with Gasteiger partial charge in [-0.2, -0.15) is 0 Å². The zero-order chi connectivity index (χ0) is 42.4. The number of hydrogen-bond donors (Lipinski definition) is 5. The highest BCUT2D eigenvalue weighted by Gasteiger charge is 2.40. The van der Waals surface area contributed by atoms with E-state index in [-0.39, 0.29) is 68.4 Å². The zero-order valence-corrected chi connectivity index (χ0v) is 34.3. The lowest BCUT2D eigenvalue weighted by Gasteiger charge is -2.29. The third-order valence-electron chi connectivity index (χ3n) is 11.8. The number of nitrogens with two attached hydrogens (primary N) is 1. The van der Waals surface area contributed by atoms with E-state index in [1.807, 2.05) is 48.7 Å². The Labute approximate surface area is 353 Å². The maximum atomic E-state index is 14.1. The SMILES string of the molecule is NC(=S)c1cccc(-c2cn(C3CCC(F)(F)CC3)c3cc(NC(=O)CCCCCCCCNC(=O)CNc4cccc5c4CN(C4CCC(=O)NC4=O)C5=O)ccc23)c1. The van der Waals surface area contributed by atoms with Crippen molar-refractivity contribution in [2.24, 2.45) is 5.73 Å². The summed E-state index contributed by atoms with van der Waals surface area (Å²) in [5, 5.41) is 12.4. The second-order valence-corrected chi connectivity index (χ2v) is 16.5. The molecule has 12 nitrogen and oxygen atoms in total. The summed E-state index contributed by atoms with van der Waals surface area (Å²) in [6.45, 7) is 0.795. The van der Waals surface area contributed by atoms with Crippen molar-refractivity contribution in [3.8, 4) is 11.1 Å². The van der Waals surface area contributed by atoms with Gasteiger partial charge in [0.05, 0.1) is 12.1 Å². The number of piperidine rings is 1. The number of anilines is 2. The Bertz CT molecular complexity index is 2300. The topological polar surface area (TPSA) is 168 Å². The number of rotatable bonds is 17. The summed E-state index contributed by atoms with van der Waals surface area (Å²) in [6.07, 6.45) is 8.63. The number of fused-ring (bicyclic) bond motifs is 2. The Balaban J connectivity index is 0.817. The van der Waals surface area contributed by atoms with Gasteiger partial charge in [0.15, 0.2) is 0 Å². The highest BCUT2D eigenvalue weighted by atomic mass is 32.1. The van der Waals surface area contributed by atoms with Gasteiger partial charge >= 0.3 is 0 Å². The van der Waals surface area contributed by atoms with Crippen molar-refractivity contribution < 1.29 is 32.8 Å². The molecule has 7 rings (SSSR count). The van der Waals surface area contributed by atoms with Crippen LogP contribution >= 0.6 is 12.2 Å². The number of imide groups is 1.